The van der Waals surface area contributed by atoms with Gasteiger partial charge >= 0.3 is 0 Å². The first-order chi connectivity index (χ1) is 7.20. The zero-order valence-electron chi connectivity index (χ0n) is 8.37. The quantitative estimate of drug-likeness (QED) is 0.704. The Morgan fingerprint density at radius 1 is 1.47 bits per heavy atom. The topological polar surface area (TPSA) is 26.3 Å². The van der Waals surface area contributed by atoms with Gasteiger partial charge in [0.15, 0.2) is 0 Å². The Kier molecular flexibility index (Phi) is 4.21. The predicted molar refractivity (Wildman–Crippen MR) is 52.3 cm³/mol. The molecule has 1 aromatic rings. The van der Waals surface area contributed by atoms with Gasteiger partial charge in [-0.2, -0.15) is 0 Å². The van der Waals surface area contributed by atoms with Crippen LogP contribution in [0.3, 0.4) is 0 Å². The van der Waals surface area contributed by atoms with E-state index in [1.54, 1.807) is 6.07 Å². The molecule has 0 aliphatic rings. The highest BCUT2D eigenvalue weighted by Gasteiger charge is 2.15. The van der Waals surface area contributed by atoms with Crippen molar-refractivity contribution in [1.82, 2.24) is 0 Å². The first-order valence-corrected chi connectivity index (χ1v) is 4.58. The molecule has 0 aliphatic carbocycles. The first kappa shape index (κ1) is 11.6. The third kappa shape index (κ3) is 2.75. The average Bonchev–Trinajstić information content (AvgIpc) is 2.25. The maximum atomic E-state index is 12.6. The molecule has 0 aliphatic heterocycles. The second kappa shape index (κ2) is 5.44. The van der Waals surface area contributed by atoms with Crippen LogP contribution in [-0.4, -0.2) is 13.4 Å². The summed E-state index contributed by atoms with van der Waals surface area (Å²) in [7, 11) is 1.43. The highest BCUT2D eigenvalue weighted by Crippen LogP contribution is 2.30. The van der Waals surface area contributed by atoms with Crippen LogP contribution in [0.1, 0.15) is 24.0 Å². The molecule has 0 radical (unpaired) electrons. The fourth-order valence-corrected chi connectivity index (χ4v) is 1.45. The number of rotatable bonds is 5. The van der Waals surface area contributed by atoms with Crippen molar-refractivity contribution in [3.05, 3.63) is 29.3 Å². The predicted octanol–water partition coefficient (Wildman–Crippen LogP) is 2.76. The average molecular weight is 214 g/mol. The lowest BCUT2D eigenvalue weighted by Gasteiger charge is -2.12. The molecule has 0 heterocycles. The number of hydrogen-bond acceptors (Lipinski definition) is 2. The number of carbonyl (C=O) groups is 1. The van der Waals surface area contributed by atoms with Crippen LogP contribution >= 0.6 is 0 Å². The molecule has 0 N–H and O–H groups in total. The molecule has 0 atom stereocenters. The van der Waals surface area contributed by atoms with Crippen molar-refractivity contribution < 1.29 is 18.3 Å². The Hall–Kier alpha value is -1.45. The maximum Gasteiger partial charge on any atom is 0.264 e. The summed E-state index contributed by atoms with van der Waals surface area (Å²) in [6.45, 7) is 0. The Labute approximate surface area is 86.9 Å². The molecular formula is C11H12F2O2. The van der Waals surface area contributed by atoms with Gasteiger partial charge in [0.25, 0.3) is 6.43 Å². The van der Waals surface area contributed by atoms with Crippen LogP contribution < -0.4 is 4.74 Å². The smallest absolute Gasteiger partial charge is 0.264 e. The summed E-state index contributed by atoms with van der Waals surface area (Å²) in [5.41, 5.74) is 0.360. The fraction of sp³-hybridized carbons (Fsp3) is 0.364. The summed E-state index contributed by atoms with van der Waals surface area (Å²) < 4.78 is 30.2. The number of carbonyl (C=O) groups excluding carboxylic acids is 1. The van der Waals surface area contributed by atoms with Crippen LogP contribution in [0, 0.1) is 0 Å². The van der Waals surface area contributed by atoms with E-state index in [0.717, 1.165) is 0 Å². The van der Waals surface area contributed by atoms with Crippen LogP contribution in [0.25, 0.3) is 0 Å². The minimum absolute atomic E-state index is 0.0591. The third-order valence-corrected chi connectivity index (χ3v) is 2.14. The van der Waals surface area contributed by atoms with Gasteiger partial charge in [0, 0.05) is 17.5 Å². The van der Waals surface area contributed by atoms with Gasteiger partial charge in [0.1, 0.15) is 12.0 Å². The van der Waals surface area contributed by atoms with E-state index in [2.05, 4.69) is 0 Å². The second-order valence-electron chi connectivity index (χ2n) is 3.03. The van der Waals surface area contributed by atoms with Gasteiger partial charge in [-0.15, -0.1) is 0 Å². The molecule has 0 unspecified atom stereocenters. The van der Waals surface area contributed by atoms with Crippen LogP contribution in [0.15, 0.2) is 18.2 Å². The van der Waals surface area contributed by atoms with Gasteiger partial charge < -0.3 is 9.53 Å². The maximum absolute atomic E-state index is 12.6. The largest absolute Gasteiger partial charge is 0.496 e. The van der Waals surface area contributed by atoms with Crippen LogP contribution in [-0.2, 0) is 11.2 Å². The SMILES string of the molecule is COc1cccc(C(F)F)c1CCC=O. The first-order valence-electron chi connectivity index (χ1n) is 4.58. The number of ether oxygens (including phenoxy) is 1. The van der Waals surface area contributed by atoms with Crippen molar-refractivity contribution in [1.29, 1.82) is 0 Å². The molecule has 0 saturated heterocycles. The van der Waals surface area contributed by atoms with Crippen molar-refractivity contribution in [2.75, 3.05) is 7.11 Å². The van der Waals surface area contributed by atoms with E-state index in [4.69, 9.17) is 4.74 Å². The van der Waals surface area contributed by atoms with Crippen molar-refractivity contribution in [2.45, 2.75) is 19.3 Å². The van der Waals surface area contributed by atoms with E-state index in [-0.39, 0.29) is 18.4 Å². The normalized spacial score (nSPS) is 10.4. The van der Waals surface area contributed by atoms with Crippen molar-refractivity contribution in [3.63, 3.8) is 0 Å². The van der Waals surface area contributed by atoms with Crippen molar-refractivity contribution in [2.24, 2.45) is 0 Å². The van der Waals surface area contributed by atoms with Crippen molar-refractivity contribution >= 4 is 6.29 Å². The molecule has 4 heteroatoms. The summed E-state index contributed by atoms with van der Waals surface area (Å²) in [6, 6.07) is 4.49. The van der Waals surface area contributed by atoms with Crippen LogP contribution in [0.2, 0.25) is 0 Å². The van der Waals surface area contributed by atoms with Gasteiger partial charge in [-0.3, -0.25) is 0 Å². The standard InChI is InChI=1S/C11H12F2O2/c1-15-10-6-2-4-9(11(12)13)8(10)5-3-7-14/h2,4,6-7,11H,3,5H2,1H3. The lowest BCUT2D eigenvalue weighted by molar-refractivity contribution is -0.107. The molecule has 1 aromatic carbocycles. The minimum Gasteiger partial charge on any atom is -0.496 e. The monoisotopic (exact) mass is 214 g/mol. The van der Waals surface area contributed by atoms with E-state index in [0.29, 0.717) is 17.6 Å². The number of methoxy groups -OCH3 is 1. The number of alkyl halides is 2. The van der Waals surface area contributed by atoms with Crippen LogP contribution in [0.5, 0.6) is 5.75 Å². The molecule has 0 spiro atoms. The van der Waals surface area contributed by atoms with Gasteiger partial charge in [0.2, 0.25) is 0 Å². The molecule has 0 bridgehead atoms. The van der Waals surface area contributed by atoms with Crippen LogP contribution in [0.4, 0.5) is 8.78 Å². The van der Waals surface area contributed by atoms with Gasteiger partial charge in [-0.25, -0.2) is 8.78 Å². The van der Waals surface area contributed by atoms with Gasteiger partial charge in [0.05, 0.1) is 7.11 Å². The summed E-state index contributed by atoms with van der Waals surface area (Å²) in [4.78, 5) is 10.2. The van der Waals surface area contributed by atoms with Gasteiger partial charge in [-0.1, -0.05) is 12.1 Å². The van der Waals surface area contributed by atoms with E-state index in [9.17, 15) is 13.6 Å². The second-order valence-corrected chi connectivity index (χ2v) is 3.03. The zero-order chi connectivity index (χ0) is 11.3. The Bertz CT molecular complexity index is 337. The Balaban J connectivity index is 3.08. The highest BCUT2D eigenvalue weighted by molar-refractivity contribution is 5.52. The molecule has 82 valence electrons. The summed E-state index contributed by atoms with van der Waals surface area (Å²) >= 11 is 0. The lowest BCUT2D eigenvalue weighted by atomic mass is 10.0. The molecule has 0 fully saturated rings. The zero-order valence-corrected chi connectivity index (χ0v) is 8.37. The minimum atomic E-state index is -2.54. The molecule has 0 saturated carbocycles. The Morgan fingerprint density at radius 3 is 2.73 bits per heavy atom. The fourth-order valence-electron chi connectivity index (χ4n) is 1.45. The third-order valence-electron chi connectivity index (χ3n) is 2.14. The Morgan fingerprint density at radius 2 is 2.20 bits per heavy atom. The van der Waals surface area contributed by atoms with E-state index in [1.165, 1.54) is 19.2 Å². The van der Waals surface area contributed by atoms with E-state index >= 15 is 0 Å². The number of benzene rings is 1. The molecule has 0 amide bonds. The number of aldehydes is 1. The lowest BCUT2D eigenvalue weighted by Crippen LogP contribution is -1.99. The molecule has 1 rings (SSSR count). The molecule has 2 nitrogen and oxygen atoms in total. The summed E-state index contributed by atoms with van der Waals surface area (Å²) in [6.07, 6.45) is -1.32. The van der Waals surface area contributed by atoms with Crippen molar-refractivity contribution in [3.8, 4) is 5.75 Å². The highest BCUT2D eigenvalue weighted by atomic mass is 19.3. The summed E-state index contributed by atoms with van der Waals surface area (Å²) in [5.74, 6) is 0.412. The van der Waals surface area contributed by atoms with E-state index < -0.39 is 6.43 Å². The molecule has 15 heavy (non-hydrogen) atoms. The summed E-state index contributed by atoms with van der Waals surface area (Å²) in [5, 5.41) is 0. The molecular weight excluding hydrogens is 202 g/mol. The number of hydrogen-bond donors (Lipinski definition) is 0. The van der Waals surface area contributed by atoms with Gasteiger partial charge in [-0.05, 0) is 12.5 Å². The number of halogens is 2. The molecule has 0 aromatic heterocycles. The van der Waals surface area contributed by atoms with E-state index in [1.807, 2.05) is 0 Å².